The lowest BCUT2D eigenvalue weighted by atomic mass is 10.1. The summed E-state index contributed by atoms with van der Waals surface area (Å²) in [6, 6.07) is 2.22. The topological polar surface area (TPSA) is 61.8 Å². The Morgan fingerprint density at radius 1 is 1.28 bits per heavy atom. The van der Waals surface area contributed by atoms with Crippen LogP contribution in [0.4, 0.5) is 10.7 Å². The molecule has 0 unspecified atom stereocenters. The van der Waals surface area contributed by atoms with Crippen molar-refractivity contribution in [2.24, 2.45) is 5.92 Å². The van der Waals surface area contributed by atoms with Gasteiger partial charge in [0.1, 0.15) is 10.9 Å². The second-order valence-electron chi connectivity index (χ2n) is 5.51. The van der Waals surface area contributed by atoms with Gasteiger partial charge in [-0.05, 0) is 37.5 Å². The molecule has 0 aliphatic heterocycles. The SMILES string of the molecule is N#Cc1sc(NCC2CCCC2)c(C2CC2)c1N. The highest BCUT2D eigenvalue weighted by Crippen LogP contribution is 2.50. The average molecular weight is 261 g/mol. The van der Waals surface area contributed by atoms with Crippen molar-refractivity contribution < 1.29 is 0 Å². The van der Waals surface area contributed by atoms with E-state index in [1.165, 1.54) is 49.1 Å². The minimum Gasteiger partial charge on any atom is -0.397 e. The molecule has 18 heavy (non-hydrogen) atoms. The lowest BCUT2D eigenvalue weighted by Gasteiger charge is -2.12. The molecule has 2 aliphatic carbocycles. The number of nitriles is 1. The van der Waals surface area contributed by atoms with E-state index in [-0.39, 0.29) is 0 Å². The van der Waals surface area contributed by atoms with Gasteiger partial charge in [-0.2, -0.15) is 5.26 Å². The monoisotopic (exact) mass is 261 g/mol. The van der Waals surface area contributed by atoms with Gasteiger partial charge in [0, 0.05) is 12.1 Å². The molecule has 2 fully saturated rings. The first kappa shape index (κ1) is 11.9. The predicted molar refractivity (Wildman–Crippen MR) is 75.9 cm³/mol. The predicted octanol–water partition coefficient (Wildman–Crippen LogP) is 3.68. The van der Waals surface area contributed by atoms with E-state index in [2.05, 4.69) is 11.4 Å². The number of thiophene rings is 1. The Morgan fingerprint density at radius 2 is 2.00 bits per heavy atom. The van der Waals surface area contributed by atoms with Gasteiger partial charge in [-0.15, -0.1) is 11.3 Å². The van der Waals surface area contributed by atoms with E-state index in [0.29, 0.717) is 10.8 Å². The smallest absolute Gasteiger partial charge is 0.130 e. The van der Waals surface area contributed by atoms with Crippen LogP contribution >= 0.6 is 11.3 Å². The zero-order valence-corrected chi connectivity index (χ0v) is 11.4. The molecule has 3 rings (SSSR count). The Labute approximate surface area is 112 Å². The minimum absolute atomic E-state index is 0.606. The van der Waals surface area contributed by atoms with Gasteiger partial charge in [-0.3, -0.25) is 0 Å². The van der Waals surface area contributed by atoms with E-state index in [0.717, 1.165) is 18.2 Å². The van der Waals surface area contributed by atoms with E-state index >= 15 is 0 Å². The summed E-state index contributed by atoms with van der Waals surface area (Å²) < 4.78 is 0. The molecule has 1 aromatic rings. The van der Waals surface area contributed by atoms with Crippen molar-refractivity contribution in [2.75, 3.05) is 17.6 Å². The molecule has 0 saturated heterocycles. The van der Waals surface area contributed by atoms with Crippen molar-refractivity contribution >= 4 is 22.0 Å². The van der Waals surface area contributed by atoms with Crippen molar-refractivity contribution in [3.8, 4) is 6.07 Å². The second-order valence-corrected chi connectivity index (χ2v) is 6.53. The molecule has 0 atom stereocenters. The number of rotatable bonds is 4. The first-order chi connectivity index (χ1) is 8.79. The quantitative estimate of drug-likeness (QED) is 0.869. The highest BCUT2D eigenvalue weighted by atomic mass is 32.1. The lowest BCUT2D eigenvalue weighted by Crippen LogP contribution is -2.11. The largest absolute Gasteiger partial charge is 0.397 e. The lowest BCUT2D eigenvalue weighted by molar-refractivity contribution is 0.580. The van der Waals surface area contributed by atoms with Crippen LogP contribution in [0.5, 0.6) is 0 Å². The maximum atomic E-state index is 9.09. The van der Waals surface area contributed by atoms with Crippen molar-refractivity contribution in [3.05, 3.63) is 10.4 Å². The fourth-order valence-electron chi connectivity index (χ4n) is 2.90. The molecule has 96 valence electrons. The summed E-state index contributed by atoms with van der Waals surface area (Å²) in [6.07, 6.45) is 7.89. The molecule has 0 amide bonds. The standard InChI is InChI=1S/C14H19N3S/c15-7-11-13(16)12(10-5-6-10)14(18-11)17-8-9-3-1-2-4-9/h9-10,17H,1-6,8,16H2. The molecule has 0 radical (unpaired) electrons. The molecular formula is C14H19N3S. The van der Waals surface area contributed by atoms with Crippen LogP contribution in [0.1, 0.15) is 54.9 Å². The molecule has 0 spiro atoms. The number of nitrogens with zero attached hydrogens (tertiary/aromatic N) is 1. The Balaban J connectivity index is 1.75. The molecule has 0 aromatic carbocycles. The number of nitrogen functional groups attached to an aromatic ring is 1. The molecule has 2 saturated carbocycles. The van der Waals surface area contributed by atoms with Crippen LogP contribution in [-0.2, 0) is 0 Å². The average Bonchev–Trinajstić information content (AvgIpc) is 2.97. The summed E-state index contributed by atoms with van der Waals surface area (Å²) in [4.78, 5) is 0.686. The van der Waals surface area contributed by atoms with Crippen molar-refractivity contribution in [1.29, 1.82) is 5.26 Å². The van der Waals surface area contributed by atoms with E-state index in [1.807, 2.05) is 0 Å². The number of hydrogen-bond donors (Lipinski definition) is 2. The highest BCUT2D eigenvalue weighted by molar-refractivity contribution is 7.17. The van der Waals surface area contributed by atoms with E-state index in [9.17, 15) is 0 Å². The van der Waals surface area contributed by atoms with Gasteiger partial charge in [-0.1, -0.05) is 12.8 Å². The van der Waals surface area contributed by atoms with Crippen LogP contribution in [0.3, 0.4) is 0 Å². The maximum Gasteiger partial charge on any atom is 0.130 e. The summed E-state index contributed by atoms with van der Waals surface area (Å²) in [5.41, 5.74) is 8.05. The minimum atomic E-state index is 0.606. The van der Waals surface area contributed by atoms with Gasteiger partial charge in [0.2, 0.25) is 0 Å². The van der Waals surface area contributed by atoms with Gasteiger partial charge < -0.3 is 11.1 Å². The molecular weight excluding hydrogens is 242 g/mol. The molecule has 2 aliphatic rings. The van der Waals surface area contributed by atoms with E-state index in [4.69, 9.17) is 11.0 Å². The zero-order chi connectivity index (χ0) is 12.5. The zero-order valence-electron chi connectivity index (χ0n) is 10.5. The van der Waals surface area contributed by atoms with Gasteiger partial charge in [0.15, 0.2) is 0 Å². The summed E-state index contributed by atoms with van der Waals surface area (Å²) >= 11 is 1.54. The van der Waals surface area contributed by atoms with Gasteiger partial charge >= 0.3 is 0 Å². The van der Waals surface area contributed by atoms with Crippen LogP contribution in [0.15, 0.2) is 0 Å². The summed E-state index contributed by atoms with van der Waals surface area (Å²) in [5.74, 6) is 1.42. The van der Waals surface area contributed by atoms with Crippen LogP contribution in [0.25, 0.3) is 0 Å². The van der Waals surface area contributed by atoms with Crippen LogP contribution in [0.2, 0.25) is 0 Å². The van der Waals surface area contributed by atoms with E-state index < -0.39 is 0 Å². The van der Waals surface area contributed by atoms with Gasteiger partial charge in [0.25, 0.3) is 0 Å². The van der Waals surface area contributed by atoms with Crippen molar-refractivity contribution in [2.45, 2.75) is 44.4 Å². The normalized spacial score (nSPS) is 19.9. The third-order valence-corrected chi connectivity index (χ3v) is 5.18. The first-order valence-electron chi connectivity index (χ1n) is 6.85. The van der Waals surface area contributed by atoms with Crippen molar-refractivity contribution in [3.63, 3.8) is 0 Å². The molecule has 0 bridgehead atoms. The summed E-state index contributed by atoms with van der Waals surface area (Å²) in [7, 11) is 0. The number of nitrogens with one attached hydrogen (secondary N) is 1. The Hall–Kier alpha value is -1.21. The Bertz CT molecular complexity index is 476. The third-order valence-electron chi connectivity index (χ3n) is 4.10. The Morgan fingerprint density at radius 3 is 2.61 bits per heavy atom. The van der Waals surface area contributed by atoms with Crippen LogP contribution in [0, 0.1) is 17.2 Å². The molecule has 3 N–H and O–H groups in total. The number of nitrogens with two attached hydrogens (primary N) is 1. The fraction of sp³-hybridized carbons (Fsp3) is 0.643. The molecule has 3 nitrogen and oxygen atoms in total. The Kier molecular flexibility index (Phi) is 3.17. The third kappa shape index (κ3) is 2.20. The van der Waals surface area contributed by atoms with Crippen LogP contribution in [-0.4, -0.2) is 6.54 Å². The van der Waals surface area contributed by atoms with Crippen molar-refractivity contribution in [1.82, 2.24) is 0 Å². The molecule has 4 heteroatoms. The van der Waals surface area contributed by atoms with E-state index in [1.54, 1.807) is 11.3 Å². The highest BCUT2D eigenvalue weighted by Gasteiger charge is 2.31. The summed E-state index contributed by atoms with van der Waals surface area (Å²) in [5, 5.41) is 13.8. The second kappa shape index (κ2) is 4.81. The molecule has 1 heterocycles. The first-order valence-corrected chi connectivity index (χ1v) is 7.67. The maximum absolute atomic E-state index is 9.09. The molecule has 1 aromatic heterocycles. The number of hydrogen-bond acceptors (Lipinski definition) is 4. The van der Waals surface area contributed by atoms with Crippen LogP contribution < -0.4 is 11.1 Å². The van der Waals surface area contributed by atoms with Gasteiger partial charge in [0.05, 0.1) is 10.7 Å². The summed E-state index contributed by atoms with van der Waals surface area (Å²) in [6.45, 7) is 1.05. The van der Waals surface area contributed by atoms with Gasteiger partial charge in [-0.25, -0.2) is 0 Å². The fourth-order valence-corrected chi connectivity index (χ4v) is 3.91. The number of anilines is 2.